The van der Waals surface area contributed by atoms with Crippen LogP contribution < -0.4 is 0 Å². The van der Waals surface area contributed by atoms with Gasteiger partial charge in [0.25, 0.3) is 0 Å². The predicted octanol–water partition coefficient (Wildman–Crippen LogP) is 24.1. The van der Waals surface area contributed by atoms with Crippen molar-refractivity contribution < 1.29 is 80.2 Å². The quantitative estimate of drug-likeness (QED) is 0.0169. The lowest BCUT2D eigenvalue weighted by molar-refractivity contribution is -0.161. The van der Waals surface area contributed by atoms with E-state index in [9.17, 15) is 43.2 Å². The molecule has 0 bridgehead atoms. The minimum absolute atomic E-state index is 0.0846. The highest BCUT2D eigenvalue weighted by Gasteiger charge is 2.30. The summed E-state index contributed by atoms with van der Waals surface area (Å²) >= 11 is 0. The van der Waals surface area contributed by atoms with Crippen molar-refractivity contribution in [3.05, 3.63) is 24.3 Å². The van der Waals surface area contributed by atoms with E-state index in [-0.39, 0.29) is 25.7 Å². The Hall–Kier alpha value is -2.46. The van der Waals surface area contributed by atoms with Crippen molar-refractivity contribution in [3.63, 3.8) is 0 Å². The summed E-state index contributed by atoms with van der Waals surface area (Å²) in [4.78, 5) is 73.1. The van der Waals surface area contributed by atoms with Crippen LogP contribution in [0.1, 0.15) is 402 Å². The molecule has 0 aliphatic rings. The van der Waals surface area contributed by atoms with Gasteiger partial charge in [-0.1, -0.05) is 349 Å². The second-order valence-corrected chi connectivity index (χ2v) is 33.2. The van der Waals surface area contributed by atoms with Crippen molar-refractivity contribution in [2.24, 2.45) is 17.8 Å². The van der Waals surface area contributed by atoms with Crippen LogP contribution in [0.4, 0.5) is 0 Å². The summed E-state index contributed by atoms with van der Waals surface area (Å²) in [6.45, 7) is 11.9. The molecule has 101 heavy (non-hydrogen) atoms. The molecule has 0 saturated carbocycles. The number of carbonyl (C=O) groups is 4. The Morgan fingerprint density at radius 1 is 0.307 bits per heavy atom. The number of allylic oxidation sites excluding steroid dienone is 4. The number of phosphoric acid groups is 2. The van der Waals surface area contributed by atoms with Crippen molar-refractivity contribution in [1.29, 1.82) is 0 Å². The molecule has 0 aliphatic heterocycles. The lowest BCUT2D eigenvalue weighted by Crippen LogP contribution is -2.30. The summed E-state index contributed by atoms with van der Waals surface area (Å²) in [7, 11) is -9.94. The van der Waals surface area contributed by atoms with Crippen LogP contribution in [0.25, 0.3) is 0 Å². The van der Waals surface area contributed by atoms with Gasteiger partial charge in [0.05, 0.1) is 26.4 Å². The molecule has 0 radical (unpaired) electrons. The Labute approximate surface area is 618 Å². The van der Waals surface area contributed by atoms with E-state index in [1.54, 1.807) is 0 Å². The number of unbranched alkanes of at least 4 members (excludes halogenated alkanes) is 43. The van der Waals surface area contributed by atoms with Crippen LogP contribution in [0.2, 0.25) is 0 Å². The van der Waals surface area contributed by atoms with Gasteiger partial charge >= 0.3 is 39.5 Å². The van der Waals surface area contributed by atoms with Crippen LogP contribution in [0.3, 0.4) is 0 Å². The highest BCUT2D eigenvalue weighted by molar-refractivity contribution is 7.47. The van der Waals surface area contributed by atoms with E-state index < -0.39 is 97.5 Å². The molecule has 17 nitrogen and oxygen atoms in total. The van der Waals surface area contributed by atoms with E-state index in [1.165, 1.54) is 199 Å². The van der Waals surface area contributed by atoms with Crippen molar-refractivity contribution in [2.45, 2.75) is 420 Å². The number of aliphatic hydroxyl groups excluding tert-OH is 1. The molecule has 19 heteroatoms. The third-order valence-electron chi connectivity index (χ3n) is 18.5. The average molecular weight is 1480 g/mol. The van der Waals surface area contributed by atoms with Gasteiger partial charge in [0.15, 0.2) is 12.2 Å². The fourth-order valence-electron chi connectivity index (χ4n) is 12.1. The summed E-state index contributed by atoms with van der Waals surface area (Å²) in [5.74, 6) is 0.193. The maximum absolute atomic E-state index is 13.1. The molecule has 0 aromatic rings. The maximum Gasteiger partial charge on any atom is 0.472 e. The zero-order valence-corrected chi connectivity index (χ0v) is 67.6. The second-order valence-electron chi connectivity index (χ2n) is 30.3. The van der Waals surface area contributed by atoms with E-state index in [4.69, 9.17) is 37.0 Å². The molecule has 0 saturated heterocycles. The lowest BCUT2D eigenvalue weighted by atomic mass is 10.0. The number of rotatable bonds is 78. The first-order valence-electron chi connectivity index (χ1n) is 41.7. The molecule has 0 heterocycles. The van der Waals surface area contributed by atoms with Gasteiger partial charge in [0, 0.05) is 25.7 Å². The molecule has 0 aromatic heterocycles. The first-order chi connectivity index (χ1) is 48.7. The summed E-state index contributed by atoms with van der Waals surface area (Å²) in [5, 5.41) is 10.6. The third kappa shape index (κ3) is 75.6. The summed E-state index contributed by atoms with van der Waals surface area (Å²) in [6.07, 6.45) is 63.2. The van der Waals surface area contributed by atoms with Crippen LogP contribution in [0, 0.1) is 17.8 Å². The highest BCUT2D eigenvalue weighted by Crippen LogP contribution is 2.45. The van der Waals surface area contributed by atoms with Gasteiger partial charge in [-0.2, -0.15) is 0 Å². The number of esters is 4. The fraction of sp³-hybridized carbons (Fsp3) is 0.902. The van der Waals surface area contributed by atoms with Crippen LogP contribution in [-0.4, -0.2) is 96.7 Å². The molecule has 596 valence electrons. The van der Waals surface area contributed by atoms with E-state index in [0.717, 1.165) is 120 Å². The van der Waals surface area contributed by atoms with E-state index >= 15 is 0 Å². The third-order valence-corrected chi connectivity index (χ3v) is 20.4. The molecule has 0 fully saturated rings. The summed E-state index contributed by atoms with van der Waals surface area (Å²) < 4.78 is 68.7. The van der Waals surface area contributed by atoms with Gasteiger partial charge in [-0.15, -0.1) is 0 Å². The minimum Gasteiger partial charge on any atom is -0.462 e. The number of hydrogen-bond acceptors (Lipinski definition) is 15. The molecule has 0 amide bonds. The number of aliphatic hydroxyl groups is 1. The molecule has 0 spiro atoms. The largest absolute Gasteiger partial charge is 0.472 e. The van der Waals surface area contributed by atoms with Crippen molar-refractivity contribution in [1.82, 2.24) is 0 Å². The predicted molar refractivity (Wildman–Crippen MR) is 414 cm³/mol. The van der Waals surface area contributed by atoms with Gasteiger partial charge in [0.1, 0.15) is 19.3 Å². The maximum atomic E-state index is 13.1. The normalized spacial score (nSPS) is 14.1. The van der Waals surface area contributed by atoms with Gasteiger partial charge in [-0.3, -0.25) is 37.3 Å². The number of hydrogen-bond donors (Lipinski definition) is 3. The standard InChI is InChI=1S/C82H156O17P2/c1-8-9-10-11-12-13-14-15-16-24-29-36-44-51-58-65-81(86)99-78(70-93-80(85)64-57-50-43-38-31-34-41-48-55-62-75(6)7)72-97-101(90,91)95-68-76(83)67-94-100(88,89)96-71-77(98-82(87)66-59-52-45-37-30-25-20-18-22-27-33-40-47-54-61-74(4)5)69-92-79(84)63-56-49-42-35-28-23-19-17-21-26-32-39-46-53-60-73(2)3/h13-16,73-78,83H,8-12,17-72H2,1-7H3,(H,88,89)(H,90,91)/b14-13-,16-15-/t76-,77-,78-/m1/s1. The Morgan fingerprint density at radius 3 is 0.802 bits per heavy atom. The minimum atomic E-state index is -4.97. The van der Waals surface area contributed by atoms with Crippen LogP contribution in [0.5, 0.6) is 0 Å². The summed E-state index contributed by atoms with van der Waals surface area (Å²) in [6, 6.07) is 0. The van der Waals surface area contributed by atoms with Gasteiger partial charge in [0.2, 0.25) is 0 Å². The topological polar surface area (TPSA) is 237 Å². The SMILES string of the molecule is CCCCCC/C=C\C=C/CCCCCCCC(=O)O[C@H](COC(=O)CCCCCCCCCCCC(C)C)COP(=O)(O)OC[C@H](O)COP(=O)(O)OC[C@@H](COC(=O)CCCCCCCCCCCCCCCCC(C)C)OC(=O)CCCCCCCCCCCCCCCCC(C)C. The van der Waals surface area contributed by atoms with E-state index in [1.807, 2.05) is 0 Å². The van der Waals surface area contributed by atoms with Crippen LogP contribution in [-0.2, 0) is 65.4 Å². The Bertz CT molecular complexity index is 2050. The smallest absolute Gasteiger partial charge is 0.462 e. The molecule has 0 aliphatic carbocycles. The zero-order valence-electron chi connectivity index (χ0n) is 65.9. The van der Waals surface area contributed by atoms with Crippen LogP contribution >= 0.6 is 15.6 Å². The Morgan fingerprint density at radius 2 is 0.535 bits per heavy atom. The Kier molecular flexibility index (Phi) is 70.0. The average Bonchev–Trinajstić information content (AvgIpc) is 0.944. The van der Waals surface area contributed by atoms with Crippen molar-refractivity contribution in [2.75, 3.05) is 39.6 Å². The molecular weight excluding hydrogens is 1320 g/mol. The molecule has 0 aromatic carbocycles. The highest BCUT2D eigenvalue weighted by atomic mass is 31.2. The first-order valence-corrected chi connectivity index (χ1v) is 44.7. The zero-order chi connectivity index (χ0) is 74.4. The molecule has 5 atom stereocenters. The van der Waals surface area contributed by atoms with E-state index in [2.05, 4.69) is 72.8 Å². The fourth-order valence-corrected chi connectivity index (χ4v) is 13.7. The number of ether oxygens (including phenoxy) is 4. The lowest BCUT2D eigenvalue weighted by Gasteiger charge is -2.21. The number of carbonyl (C=O) groups excluding carboxylic acids is 4. The first kappa shape index (κ1) is 98.5. The van der Waals surface area contributed by atoms with Gasteiger partial charge in [-0.25, -0.2) is 9.13 Å². The molecular formula is C82H156O17P2. The second kappa shape index (κ2) is 71.8. The van der Waals surface area contributed by atoms with Crippen molar-refractivity contribution in [3.8, 4) is 0 Å². The molecule has 0 rings (SSSR count). The molecule has 2 unspecified atom stereocenters. The summed E-state index contributed by atoms with van der Waals surface area (Å²) in [5.41, 5.74) is 0. The van der Waals surface area contributed by atoms with E-state index in [0.29, 0.717) is 25.7 Å². The Balaban J connectivity index is 5.30. The molecule has 3 N–H and O–H groups in total. The van der Waals surface area contributed by atoms with Crippen molar-refractivity contribution >= 4 is 39.5 Å². The van der Waals surface area contributed by atoms with Crippen LogP contribution in [0.15, 0.2) is 24.3 Å². The monoisotopic (exact) mass is 1480 g/mol. The van der Waals surface area contributed by atoms with Gasteiger partial charge < -0.3 is 33.8 Å². The van der Waals surface area contributed by atoms with Gasteiger partial charge in [-0.05, 0) is 69.1 Å². The number of phosphoric ester groups is 2.